The van der Waals surface area contributed by atoms with E-state index in [0.29, 0.717) is 0 Å². The normalized spacial score (nSPS) is 9.19. The molecule has 84 valence electrons. The zero-order chi connectivity index (χ0) is 12.0. The van der Waals surface area contributed by atoms with Crippen molar-refractivity contribution in [1.29, 1.82) is 0 Å². The van der Waals surface area contributed by atoms with Crippen molar-refractivity contribution in [1.82, 2.24) is 0 Å². The lowest BCUT2D eigenvalue weighted by atomic mass is 10.2. The van der Waals surface area contributed by atoms with Crippen LogP contribution in [0.1, 0.15) is 19.4 Å². The van der Waals surface area contributed by atoms with Gasteiger partial charge in [-0.15, -0.1) is 0 Å². The lowest BCUT2D eigenvalue weighted by molar-refractivity contribution is 0.128. The van der Waals surface area contributed by atoms with Crippen LogP contribution in [0.25, 0.3) is 0 Å². The van der Waals surface area contributed by atoms with Gasteiger partial charge >= 0.3 is 0 Å². The maximum atomic E-state index is 13.4. The molecule has 0 bridgehead atoms. The Morgan fingerprint density at radius 3 is 2.88 bits per heavy atom. The van der Waals surface area contributed by atoms with Crippen LogP contribution in [-0.2, 0) is 16.2 Å². The van der Waals surface area contributed by atoms with Gasteiger partial charge < -0.3 is 4.84 Å². The van der Waals surface area contributed by atoms with E-state index in [4.69, 9.17) is 4.84 Å². The fraction of sp³-hybridized carbons (Fsp3) is 0.273. The first kappa shape index (κ1) is 12.1. The molecule has 0 radical (unpaired) electrons. The third-order valence-electron chi connectivity index (χ3n) is 1.72. The van der Waals surface area contributed by atoms with Crippen molar-refractivity contribution >= 4 is 17.5 Å². The number of aliphatic imine (C=N–C) groups is 1. The zero-order valence-corrected chi connectivity index (χ0v) is 9.03. The molecule has 16 heavy (non-hydrogen) atoms. The summed E-state index contributed by atoms with van der Waals surface area (Å²) in [7, 11) is 0. The van der Waals surface area contributed by atoms with Gasteiger partial charge in [-0.3, -0.25) is 0 Å². The highest BCUT2D eigenvalue weighted by molar-refractivity contribution is 5.78. The molecule has 1 rings (SSSR count). The number of halogens is 1. The van der Waals surface area contributed by atoms with Crippen LogP contribution in [0, 0.1) is 5.82 Å². The second kappa shape index (κ2) is 5.78. The van der Waals surface area contributed by atoms with Crippen molar-refractivity contribution in [3.8, 4) is 0 Å². The Morgan fingerprint density at radius 1 is 1.50 bits per heavy atom. The van der Waals surface area contributed by atoms with Crippen LogP contribution in [0.4, 0.5) is 10.1 Å². The molecule has 0 unspecified atom stereocenters. The third kappa shape index (κ3) is 3.29. The molecule has 0 saturated carbocycles. The minimum absolute atomic E-state index is 0.0711. The van der Waals surface area contributed by atoms with E-state index >= 15 is 0 Å². The van der Waals surface area contributed by atoms with E-state index in [9.17, 15) is 9.18 Å². The Hall–Kier alpha value is -2.00. The average molecular weight is 222 g/mol. The first-order chi connectivity index (χ1) is 7.65. The lowest BCUT2D eigenvalue weighted by Gasteiger charge is -2.04. The highest BCUT2D eigenvalue weighted by atomic mass is 19.1. The van der Waals surface area contributed by atoms with Gasteiger partial charge in [-0.2, -0.15) is 4.99 Å². The fourth-order valence-electron chi connectivity index (χ4n) is 1.07. The highest BCUT2D eigenvalue weighted by Crippen LogP contribution is 2.22. The van der Waals surface area contributed by atoms with Crippen LogP contribution >= 0.6 is 0 Å². The smallest absolute Gasteiger partial charge is 0.240 e. The summed E-state index contributed by atoms with van der Waals surface area (Å²) in [6.07, 6.45) is 1.37. The van der Waals surface area contributed by atoms with Crippen molar-refractivity contribution in [2.75, 3.05) is 0 Å². The lowest BCUT2D eigenvalue weighted by Crippen LogP contribution is -1.94. The Kier molecular flexibility index (Phi) is 4.36. The fourth-order valence-corrected chi connectivity index (χ4v) is 1.07. The Balaban J connectivity index is 2.92. The minimum atomic E-state index is -0.486. The quantitative estimate of drug-likeness (QED) is 0.446. The van der Waals surface area contributed by atoms with Gasteiger partial charge in [0, 0.05) is 0 Å². The van der Waals surface area contributed by atoms with Crippen LogP contribution in [0.15, 0.2) is 28.3 Å². The van der Waals surface area contributed by atoms with E-state index in [1.165, 1.54) is 24.3 Å². The van der Waals surface area contributed by atoms with Gasteiger partial charge in [-0.05, 0) is 26.0 Å². The number of isocyanates is 1. The molecular formula is C11H11FN2O2. The summed E-state index contributed by atoms with van der Waals surface area (Å²) in [5.74, 6) is -0.486. The molecule has 1 aromatic carbocycles. The second-order valence-corrected chi connectivity index (χ2v) is 3.25. The van der Waals surface area contributed by atoms with Gasteiger partial charge in [0.25, 0.3) is 0 Å². The molecule has 0 aromatic heterocycles. The van der Waals surface area contributed by atoms with Crippen LogP contribution < -0.4 is 0 Å². The standard InChI is InChI=1S/C11H11FN2O2/c1-8(2)14-16-6-9-10(12)4-3-5-11(9)13-7-15/h3-5H,6H2,1-2H3. The van der Waals surface area contributed by atoms with Crippen molar-refractivity contribution in [3.05, 3.63) is 29.6 Å². The van der Waals surface area contributed by atoms with Crippen molar-refractivity contribution in [3.63, 3.8) is 0 Å². The number of oxime groups is 1. The molecule has 1 aromatic rings. The summed E-state index contributed by atoms with van der Waals surface area (Å²) in [6, 6.07) is 4.24. The summed E-state index contributed by atoms with van der Waals surface area (Å²) in [6.45, 7) is 3.44. The van der Waals surface area contributed by atoms with E-state index in [2.05, 4.69) is 10.1 Å². The monoisotopic (exact) mass is 222 g/mol. The number of rotatable bonds is 4. The summed E-state index contributed by atoms with van der Waals surface area (Å²) >= 11 is 0. The topological polar surface area (TPSA) is 51.0 Å². The van der Waals surface area contributed by atoms with E-state index in [0.717, 1.165) is 5.71 Å². The number of hydrogen-bond acceptors (Lipinski definition) is 4. The number of hydrogen-bond donors (Lipinski definition) is 0. The first-order valence-corrected chi connectivity index (χ1v) is 4.63. The van der Waals surface area contributed by atoms with Crippen molar-refractivity contribution in [2.45, 2.75) is 20.5 Å². The summed E-state index contributed by atoms with van der Waals surface area (Å²) in [5, 5.41) is 3.67. The molecule has 5 heteroatoms. The Labute approximate surface area is 92.4 Å². The maximum Gasteiger partial charge on any atom is 0.240 e. The van der Waals surface area contributed by atoms with E-state index in [1.807, 2.05) is 0 Å². The highest BCUT2D eigenvalue weighted by Gasteiger charge is 2.08. The average Bonchev–Trinajstić information content (AvgIpc) is 2.22. The molecule has 0 saturated heterocycles. The second-order valence-electron chi connectivity index (χ2n) is 3.25. The van der Waals surface area contributed by atoms with E-state index in [-0.39, 0.29) is 17.9 Å². The molecule has 0 atom stereocenters. The zero-order valence-electron chi connectivity index (χ0n) is 9.03. The van der Waals surface area contributed by atoms with Gasteiger partial charge in [-0.25, -0.2) is 9.18 Å². The van der Waals surface area contributed by atoms with E-state index in [1.54, 1.807) is 13.8 Å². The molecule has 0 N–H and O–H groups in total. The van der Waals surface area contributed by atoms with Crippen LogP contribution in [-0.4, -0.2) is 11.8 Å². The van der Waals surface area contributed by atoms with Gasteiger partial charge in [0.15, 0.2) is 0 Å². The SMILES string of the molecule is CC(C)=NOCc1c(F)cccc1N=C=O. The summed E-state index contributed by atoms with van der Waals surface area (Å²) < 4.78 is 13.4. The van der Waals surface area contributed by atoms with Gasteiger partial charge in [0.05, 0.1) is 17.0 Å². The minimum Gasteiger partial charge on any atom is -0.391 e. The predicted octanol–water partition coefficient (Wildman–Crippen LogP) is 2.71. The third-order valence-corrected chi connectivity index (χ3v) is 1.72. The number of carbonyl (C=O) groups excluding carboxylic acids is 1. The molecule has 0 spiro atoms. The summed E-state index contributed by atoms with van der Waals surface area (Å²) in [4.78, 5) is 18.4. The van der Waals surface area contributed by atoms with Crippen molar-refractivity contribution in [2.24, 2.45) is 10.1 Å². The molecule has 0 heterocycles. The Bertz CT molecular complexity index is 447. The summed E-state index contributed by atoms with van der Waals surface area (Å²) in [5.41, 5.74) is 1.12. The predicted molar refractivity (Wildman–Crippen MR) is 57.8 cm³/mol. The number of benzene rings is 1. The molecule has 0 aliphatic rings. The van der Waals surface area contributed by atoms with Crippen molar-refractivity contribution < 1.29 is 14.0 Å². The first-order valence-electron chi connectivity index (χ1n) is 4.63. The van der Waals surface area contributed by atoms with Crippen LogP contribution in [0.2, 0.25) is 0 Å². The molecule has 4 nitrogen and oxygen atoms in total. The largest absolute Gasteiger partial charge is 0.391 e. The molecule has 0 amide bonds. The molecule has 0 fully saturated rings. The molecule has 0 aliphatic carbocycles. The van der Waals surface area contributed by atoms with E-state index < -0.39 is 5.82 Å². The maximum absolute atomic E-state index is 13.4. The van der Waals surface area contributed by atoms with Gasteiger partial charge in [0.1, 0.15) is 12.4 Å². The van der Waals surface area contributed by atoms with Gasteiger partial charge in [0.2, 0.25) is 6.08 Å². The van der Waals surface area contributed by atoms with Crippen LogP contribution in [0.3, 0.4) is 0 Å². The van der Waals surface area contributed by atoms with Gasteiger partial charge in [-0.1, -0.05) is 11.2 Å². The molecular weight excluding hydrogens is 211 g/mol. The molecule has 0 aliphatic heterocycles. The van der Waals surface area contributed by atoms with Crippen LogP contribution in [0.5, 0.6) is 0 Å². The number of nitrogens with zero attached hydrogens (tertiary/aromatic N) is 2. The Morgan fingerprint density at radius 2 is 2.25 bits per heavy atom.